The van der Waals surface area contributed by atoms with Crippen molar-refractivity contribution in [2.45, 2.75) is 53.5 Å². The van der Waals surface area contributed by atoms with Gasteiger partial charge in [-0.25, -0.2) is 4.79 Å². The van der Waals surface area contributed by atoms with Crippen LogP contribution in [0.5, 0.6) is 0 Å². The zero-order chi connectivity index (χ0) is 15.0. The van der Waals surface area contributed by atoms with E-state index in [4.69, 9.17) is 0 Å². The first-order chi connectivity index (χ1) is 9.38. The number of carboxylic acid groups (broad SMARTS) is 1. The summed E-state index contributed by atoms with van der Waals surface area (Å²) in [6.07, 6.45) is 4.25. The standard InChI is InChI=1S/C17H23NO2/c1-6-7-13-9-18(10(2)3)16-11(4)8-14(17(19)20)12(5)15(13)16/h8-10H,6-7H2,1-5H3,(H,19,20). The summed E-state index contributed by atoms with van der Waals surface area (Å²) in [6, 6.07) is 2.17. The summed E-state index contributed by atoms with van der Waals surface area (Å²) < 4.78 is 2.27. The molecule has 0 aliphatic rings. The Hall–Kier alpha value is -1.77. The van der Waals surface area contributed by atoms with E-state index in [0.29, 0.717) is 11.6 Å². The summed E-state index contributed by atoms with van der Waals surface area (Å²) in [5, 5.41) is 10.5. The topological polar surface area (TPSA) is 42.2 Å². The van der Waals surface area contributed by atoms with Crippen molar-refractivity contribution in [3.8, 4) is 0 Å². The Morgan fingerprint density at radius 1 is 1.35 bits per heavy atom. The Bertz CT molecular complexity index is 665. The molecule has 0 spiro atoms. The maximum atomic E-state index is 11.4. The van der Waals surface area contributed by atoms with Crippen LogP contribution in [0.4, 0.5) is 0 Å². The van der Waals surface area contributed by atoms with Crippen LogP contribution in [0.25, 0.3) is 10.9 Å². The lowest BCUT2D eigenvalue weighted by atomic mass is 9.97. The van der Waals surface area contributed by atoms with Gasteiger partial charge in [0, 0.05) is 17.6 Å². The SMILES string of the molecule is CCCc1cn(C(C)C)c2c(C)cc(C(=O)O)c(C)c12. The molecule has 3 heteroatoms. The summed E-state index contributed by atoms with van der Waals surface area (Å²) in [4.78, 5) is 11.4. The van der Waals surface area contributed by atoms with Gasteiger partial charge in [0.25, 0.3) is 0 Å². The van der Waals surface area contributed by atoms with Crippen LogP contribution >= 0.6 is 0 Å². The molecule has 0 fully saturated rings. The second-order valence-electron chi connectivity index (χ2n) is 5.80. The first-order valence-corrected chi connectivity index (χ1v) is 7.25. The molecular weight excluding hydrogens is 250 g/mol. The fraction of sp³-hybridized carbons (Fsp3) is 0.471. The zero-order valence-corrected chi connectivity index (χ0v) is 12.9. The third-order valence-corrected chi connectivity index (χ3v) is 3.93. The van der Waals surface area contributed by atoms with E-state index in [-0.39, 0.29) is 0 Å². The number of benzene rings is 1. The highest BCUT2D eigenvalue weighted by Crippen LogP contribution is 2.33. The average Bonchev–Trinajstić information content (AvgIpc) is 2.74. The van der Waals surface area contributed by atoms with E-state index in [2.05, 4.69) is 31.5 Å². The molecule has 1 heterocycles. The van der Waals surface area contributed by atoms with Crippen molar-refractivity contribution in [3.05, 3.63) is 34.5 Å². The minimum atomic E-state index is -0.841. The van der Waals surface area contributed by atoms with Gasteiger partial charge in [-0.05, 0) is 56.9 Å². The minimum Gasteiger partial charge on any atom is -0.478 e. The van der Waals surface area contributed by atoms with Crippen LogP contribution in [0.1, 0.15) is 60.3 Å². The van der Waals surface area contributed by atoms with Crippen molar-refractivity contribution >= 4 is 16.9 Å². The third kappa shape index (κ3) is 2.21. The predicted molar refractivity (Wildman–Crippen MR) is 82.8 cm³/mol. The molecule has 1 aromatic carbocycles. The summed E-state index contributed by atoms with van der Waals surface area (Å²) in [5.74, 6) is -0.841. The largest absolute Gasteiger partial charge is 0.478 e. The lowest BCUT2D eigenvalue weighted by molar-refractivity contribution is 0.0696. The van der Waals surface area contributed by atoms with Crippen molar-refractivity contribution in [3.63, 3.8) is 0 Å². The number of aromatic carboxylic acids is 1. The summed E-state index contributed by atoms with van der Waals surface area (Å²) >= 11 is 0. The molecule has 0 aliphatic heterocycles. The fourth-order valence-corrected chi connectivity index (χ4v) is 3.01. The van der Waals surface area contributed by atoms with E-state index in [1.165, 1.54) is 11.1 Å². The van der Waals surface area contributed by atoms with Gasteiger partial charge in [0.05, 0.1) is 11.1 Å². The van der Waals surface area contributed by atoms with Gasteiger partial charge in [-0.1, -0.05) is 13.3 Å². The minimum absolute atomic E-state index is 0.372. The highest BCUT2D eigenvalue weighted by Gasteiger charge is 2.19. The number of aromatic nitrogens is 1. The number of nitrogens with zero attached hydrogens (tertiary/aromatic N) is 1. The Morgan fingerprint density at radius 3 is 2.50 bits per heavy atom. The van der Waals surface area contributed by atoms with E-state index < -0.39 is 5.97 Å². The van der Waals surface area contributed by atoms with Crippen molar-refractivity contribution in [1.29, 1.82) is 0 Å². The first kappa shape index (κ1) is 14.6. The highest BCUT2D eigenvalue weighted by atomic mass is 16.4. The van der Waals surface area contributed by atoms with Crippen LogP contribution in [0.2, 0.25) is 0 Å². The number of aryl methyl sites for hydroxylation is 3. The van der Waals surface area contributed by atoms with Crippen LogP contribution in [0.3, 0.4) is 0 Å². The van der Waals surface area contributed by atoms with Crippen molar-refractivity contribution in [1.82, 2.24) is 4.57 Å². The fourth-order valence-electron chi connectivity index (χ4n) is 3.01. The van der Waals surface area contributed by atoms with E-state index >= 15 is 0 Å². The molecule has 0 radical (unpaired) electrons. The third-order valence-electron chi connectivity index (χ3n) is 3.93. The highest BCUT2D eigenvalue weighted by molar-refractivity contribution is 6.00. The number of carboxylic acids is 1. The lowest BCUT2D eigenvalue weighted by Crippen LogP contribution is -2.04. The number of rotatable bonds is 4. The van der Waals surface area contributed by atoms with E-state index in [0.717, 1.165) is 29.4 Å². The summed E-state index contributed by atoms with van der Waals surface area (Å²) in [5.41, 5.74) is 4.81. The zero-order valence-electron chi connectivity index (χ0n) is 12.9. The molecule has 0 amide bonds. The molecule has 0 unspecified atom stereocenters. The Morgan fingerprint density at radius 2 is 2.00 bits per heavy atom. The van der Waals surface area contributed by atoms with Crippen LogP contribution in [0, 0.1) is 13.8 Å². The van der Waals surface area contributed by atoms with E-state index in [1.807, 2.05) is 13.8 Å². The Kier molecular flexibility index (Phi) is 3.89. The van der Waals surface area contributed by atoms with Gasteiger partial charge in [0.15, 0.2) is 0 Å². The van der Waals surface area contributed by atoms with Gasteiger partial charge >= 0.3 is 5.97 Å². The predicted octanol–water partition coefficient (Wildman–Crippen LogP) is 4.49. The first-order valence-electron chi connectivity index (χ1n) is 7.25. The summed E-state index contributed by atoms with van der Waals surface area (Å²) in [7, 11) is 0. The quantitative estimate of drug-likeness (QED) is 0.891. The van der Waals surface area contributed by atoms with Crippen LogP contribution in [-0.2, 0) is 6.42 Å². The molecule has 0 aliphatic carbocycles. The second kappa shape index (κ2) is 5.31. The van der Waals surface area contributed by atoms with Gasteiger partial charge in [0.1, 0.15) is 0 Å². The lowest BCUT2D eigenvalue weighted by Gasteiger charge is -2.13. The van der Waals surface area contributed by atoms with Gasteiger partial charge in [0.2, 0.25) is 0 Å². The smallest absolute Gasteiger partial charge is 0.335 e. The normalized spacial score (nSPS) is 11.5. The molecule has 20 heavy (non-hydrogen) atoms. The van der Waals surface area contributed by atoms with Gasteiger partial charge < -0.3 is 9.67 Å². The van der Waals surface area contributed by atoms with Crippen molar-refractivity contribution < 1.29 is 9.90 Å². The number of carbonyl (C=O) groups is 1. The molecule has 2 aromatic rings. The maximum Gasteiger partial charge on any atom is 0.335 e. The molecule has 0 atom stereocenters. The molecule has 0 saturated carbocycles. The van der Waals surface area contributed by atoms with Crippen LogP contribution in [-0.4, -0.2) is 15.6 Å². The van der Waals surface area contributed by atoms with Crippen molar-refractivity contribution in [2.75, 3.05) is 0 Å². The van der Waals surface area contributed by atoms with Crippen LogP contribution < -0.4 is 0 Å². The monoisotopic (exact) mass is 273 g/mol. The van der Waals surface area contributed by atoms with Gasteiger partial charge in [-0.3, -0.25) is 0 Å². The number of hydrogen-bond acceptors (Lipinski definition) is 1. The number of fused-ring (bicyclic) bond motifs is 1. The molecule has 1 N–H and O–H groups in total. The molecule has 108 valence electrons. The Labute approximate surface area is 120 Å². The summed E-state index contributed by atoms with van der Waals surface area (Å²) in [6.45, 7) is 10.4. The van der Waals surface area contributed by atoms with Crippen molar-refractivity contribution in [2.24, 2.45) is 0 Å². The number of hydrogen-bond donors (Lipinski definition) is 1. The molecule has 0 saturated heterocycles. The van der Waals surface area contributed by atoms with E-state index in [9.17, 15) is 9.90 Å². The second-order valence-corrected chi connectivity index (χ2v) is 5.80. The van der Waals surface area contributed by atoms with Gasteiger partial charge in [-0.2, -0.15) is 0 Å². The average molecular weight is 273 g/mol. The van der Waals surface area contributed by atoms with Crippen LogP contribution in [0.15, 0.2) is 12.3 Å². The molecule has 3 nitrogen and oxygen atoms in total. The molecule has 1 aromatic heterocycles. The molecule has 2 rings (SSSR count). The maximum absolute atomic E-state index is 11.4. The van der Waals surface area contributed by atoms with Gasteiger partial charge in [-0.15, -0.1) is 0 Å². The molecular formula is C17H23NO2. The molecule has 0 bridgehead atoms. The van der Waals surface area contributed by atoms with E-state index in [1.54, 1.807) is 6.07 Å². The Balaban J connectivity index is 2.90.